The van der Waals surface area contributed by atoms with E-state index < -0.39 is 10.0 Å². The number of sulfonamides is 1. The van der Waals surface area contributed by atoms with Crippen molar-refractivity contribution >= 4 is 27.5 Å². The van der Waals surface area contributed by atoms with E-state index in [1.54, 1.807) is 25.6 Å². The van der Waals surface area contributed by atoms with Crippen LogP contribution in [0.25, 0.3) is 0 Å². The minimum Gasteiger partial charge on any atom is -0.398 e. The second-order valence-corrected chi connectivity index (χ2v) is 8.03. The van der Waals surface area contributed by atoms with Crippen LogP contribution in [0, 0.1) is 20.8 Å². The number of nitrogens with two attached hydrogens (primary N) is 1. The van der Waals surface area contributed by atoms with Crippen molar-refractivity contribution in [2.24, 2.45) is 0 Å². The third kappa shape index (κ3) is 3.90. The van der Waals surface area contributed by atoms with Crippen molar-refractivity contribution in [1.82, 2.24) is 4.72 Å². The summed E-state index contributed by atoms with van der Waals surface area (Å²) in [6.07, 6.45) is 0. The van der Waals surface area contributed by atoms with Crippen molar-refractivity contribution in [2.45, 2.75) is 45.6 Å². The number of nitrogens with one attached hydrogen (secondary N) is 1. The lowest BCUT2D eigenvalue weighted by molar-refractivity contribution is 0.570. The molecule has 0 aliphatic carbocycles. The van der Waals surface area contributed by atoms with E-state index in [1.807, 2.05) is 19.9 Å². The Hall–Kier alpha value is -0.720. The first-order valence-electron chi connectivity index (χ1n) is 6.67. The van der Waals surface area contributed by atoms with Crippen molar-refractivity contribution in [3.63, 3.8) is 0 Å². The van der Waals surface area contributed by atoms with Gasteiger partial charge >= 0.3 is 0 Å². The molecular formula is C14H24N2O2S2. The molecule has 1 rings (SSSR count). The third-order valence-electron chi connectivity index (χ3n) is 3.16. The van der Waals surface area contributed by atoms with Crippen molar-refractivity contribution in [3.8, 4) is 0 Å². The van der Waals surface area contributed by atoms with Crippen LogP contribution >= 0.6 is 11.8 Å². The number of benzene rings is 1. The molecule has 0 bridgehead atoms. The molecular weight excluding hydrogens is 292 g/mol. The maximum absolute atomic E-state index is 12.5. The lowest BCUT2D eigenvalue weighted by Gasteiger charge is -2.18. The summed E-state index contributed by atoms with van der Waals surface area (Å²) in [4.78, 5) is 0.314. The molecule has 0 spiro atoms. The molecule has 0 amide bonds. The largest absolute Gasteiger partial charge is 0.398 e. The van der Waals surface area contributed by atoms with Gasteiger partial charge in [0.2, 0.25) is 10.0 Å². The molecule has 0 aromatic heterocycles. The highest BCUT2D eigenvalue weighted by molar-refractivity contribution is 7.99. The summed E-state index contributed by atoms with van der Waals surface area (Å²) < 4.78 is 27.8. The van der Waals surface area contributed by atoms with E-state index >= 15 is 0 Å². The van der Waals surface area contributed by atoms with Crippen LogP contribution in [0.3, 0.4) is 0 Å². The van der Waals surface area contributed by atoms with E-state index in [0.29, 0.717) is 16.1 Å². The predicted molar refractivity (Wildman–Crippen MR) is 87.8 cm³/mol. The fourth-order valence-corrected chi connectivity index (χ4v) is 4.75. The van der Waals surface area contributed by atoms with Crippen molar-refractivity contribution < 1.29 is 8.42 Å². The molecule has 3 N–H and O–H groups in total. The van der Waals surface area contributed by atoms with Crippen LogP contribution in [0.4, 0.5) is 5.69 Å². The standard InChI is InChI=1S/C14H24N2O2S2/c1-6-19-8-11(4)16-20(17,18)14-10(3)7-9(2)13(15)12(14)5/h7,11,16H,6,8,15H2,1-5H3. The Bertz CT molecular complexity index is 583. The van der Waals surface area contributed by atoms with Gasteiger partial charge in [-0.1, -0.05) is 13.0 Å². The SMILES string of the molecule is CCSCC(C)NS(=O)(=O)c1c(C)cc(C)c(N)c1C. The number of aryl methyl sites for hydroxylation is 2. The summed E-state index contributed by atoms with van der Waals surface area (Å²) in [6.45, 7) is 9.39. The quantitative estimate of drug-likeness (QED) is 0.791. The van der Waals surface area contributed by atoms with Crippen LogP contribution in [-0.2, 0) is 10.0 Å². The van der Waals surface area contributed by atoms with Crippen LogP contribution in [0.5, 0.6) is 0 Å². The topological polar surface area (TPSA) is 72.2 Å². The lowest BCUT2D eigenvalue weighted by Crippen LogP contribution is -2.35. The van der Waals surface area contributed by atoms with E-state index in [4.69, 9.17) is 5.73 Å². The number of rotatable bonds is 6. The Morgan fingerprint density at radius 3 is 2.45 bits per heavy atom. The highest BCUT2D eigenvalue weighted by Crippen LogP contribution is 2.28. The Balaban J connectivity index is 3.14. The van der Waals surface area contributed by atoms with E-state index in [0.717, 1.165) is 22.6 Å². The first-order chi connectivity index (χ1) is 9.20. The van der Waals surface area contributed by atoms with Gasteiger partial charge in [-0.15, -0.1) is 0 Å². The smallest absolute Gasteiger partial charge is 0.241 e. The highest BCUT2D eigenvalue weighted by Gasteiger charge is 2.23. The Labute approximate surface area is 126 Å². The molecule has 1 atom stereocenters. The second-order valence-electron chi connectivity index (χ2n) is 5.06. The molecule has 0 saturated heterocycles. The number of anilines is 1. The Kier molecular flexibility index (Phi) is 5.91. The maximum Gasteiger partial charge on any atom is 0.241 e. The van der Waals surface area contributed by atoms with Gasteiger partial charge in [0.15, 0.2) is 0 Å². The molecule has 6 heteroatoms. The monoisotopic (exact) mass is 316 g/mol. The van der Waals surface area contributed by atoms with Gasteiger partial charge in [-0.2, -0.15) is 11.8 Å². The van der Waals surface area contributed by atoms with Crippen molar-refractivity contribution in [3.05, 3.63) is 22.8 Å². The fourth-order valence-electron chi connectivity index (χ4n) is 2.25. The van der Waals surface area contributed by atoms with Crippen LogP contribution < -0.4 is 10.5 Å². The van der Waals surface area contributed by atoms with Gasteiger partial charge in [0, 0.05) is 17.5 Å². The molecule has 1 aromatic carbocycles. The first-order valence-corrected chi connectivity index (χ1v) is 9.30. The molecule has 0 aliphatic heterocycles. The van der Waals surface area contributed by atoms with E-state index in [-0.39, 0.29) is 6.04 Å². The van der Waals surface area contributed by atoms with Gasteiger partial charge in [0.05, 0.1) is 4.90 Å². The molecule has 0 heterocycles. The zero-order valence-corrected chi connectivity index (χ0v) is 14.4. The second kappa shape index (κ2) is 6.83. The average molecular weight is 316 g/mol. The summed E-state index contributed by atoms with van der Waals surface area (Å²) in [7, 11) is -3.53. The number of hydrogen-bond acceptors (Lipinski definition) is 4. The van der Waals surface area contributed by atoms with Crippen molar-refractivity contribution in [2.75, 3.05) is 17.2 Å². The first kappa shape index (κ1) is 17.3. The zero-order chi connectivity index (χ0) is 15.5. The summed E-state index contributed by atoms with van der Waals surface area (Å²) >= 11 is 1.71. The molecule has 0 aliphatic rings. The third-order valence-corrected chi connectivity index (χ3v) is 6.18. The Morgan fingerprint density at radius 1 is 1.30 bits per heavy atom. The van der Waals surface area contributed by atoms with Gasteiger partial charge in [-0.25, -0.2) is 13.1 Å². The van der Waals surface area contributed by atoms with Gasteiger partial charge in [0.1, 0.15) is 0 Å². The van der Waals surface area contributed by atoms with Gasteiger partial charge in [-0.05, 0) is 50.1 Å². The predicted octanol–water partition coefficient (Wildman–Crippen LogP) is 2.61. The molecule has 1 aromatic rings. The summed E-state index contributed by atoms with van der Waals surface area (Å²) in [5.41, 5.74) is 8.78. The van der Waals surface area contributed by atoms with E-state index in [2.05, 4.69) is 11.6 Å². The molecule has 114 valence electrons. The summed E-state index contributed by atoms with van der Waals surface area (Å²) in [6, 6.07) is 1.72. The minimum absolute atomic E-state index is 0.105. The fraction of sp³-hybridized carbons (Fsp3) is 0.571. The van der Waals surface area contributed by atoms with Gasteiger partial charge in [-0.3, -0.25) is 0 Å². The van der Waals surface area contributed by atoms with E-state index in [9.17, 15) is 8.42 Å². The summed E-state index contributed by atoms with van der Waals surface area (Å²) in [5.74, 6) is 1.73. The molecule has 0 fully saturated rings. The highest BCUT2D eigenvalue weighted by atomic mass is 32.2. The van der Waals surface area contributed by atoms with Crippen LogP contribution in [0.1, 0.15) is 30.5 Å². The lowest BCUT2D eigenvalue weighted by atomic mass is 10.1. The molecule has 20 heavy (non-hydrogen) atoms. The normalized spacial score (nSPS) is 13.4. The minimum atomic E-state index is -3.53. The average Bonchev–Trinajstić information content (AvgIpc) is 2.32. The molecule has 1 unspecified atom stereocenters. The number of thioether (sulfide) groups is 1. The van der Waals surface area contributed by atoms with Crippen LogP contribution in [-0.4, -0.2) is 26.0 Å². The van der Waals surface area contributed by atoms with Crippen molar-refractivity contribution in [1.29, 1.82) is 0 Å². The molecule has 4 nitrogen and oxygen atoms in total. The number of nitrogen functional groups attached to an aromatic ring is 1. The maximum atomic E-state index is 12.5. The number of hydrogen-bond donors (Lipinski definition) is 2. The molecule has 0 radical (unpaired) electrons. The van der Waals surface area contributed by atoms with E-state index in [1.165, 1.54) is 0 Å². The molecule has 0 saturated carbocycles. The van der Waals surface area contributed by atoms with Crippen LogP contribution in [0.15, 0.2) is 11.0 Å². The van der Waals surface area contributed by atoms with Gasteiger partial charge in [0.25, 0.3) is 0 Å². The summed E-state index contributed by atoms with van der Waals surface area (Å²) in [5, 5.41) is 0. The van der Waals surface area contributed by atoms with Crippen LogP contribution in [0.2, 0.25) is 0 Å². The van der Waals surface area contributed by atoms with Gasteiger partial charge < -0.3 is 5.73 Å². The zero-order valence-electron chi connectivity index (χ0n) is 12.8. The Morgan fingerprint density at radius 2 is 1.90 bits per heavy atom.